The monoisotopic (exact) mass is 355 g/mol. The molecule has 5 heteroatoms. The van der Waals surface area contributed by atoms with Gasteiger partial charge >= 0.3 is 0 Å². The zero-order chi connectivity index (χ0) is 18.4. The van der Waals surface area contributed by atoms with Crippen LogP contribution in [0.5, 0.6) is 0 Å². The maximum atomic E-state index is 12.4. The van der Waals surface area contributed by atoms with E-state index in [0.717, 1.165) is 57.4 Å². The van der Waals surface area contributed by atoms with Gasteiger partial charge in [-0.15, -0.1) is 6.58 Å². The summed E-state index contributed by atoms with van der Waals surface area (Å²) in [5.41, 5.74) is 1.09. The number of aromatic nitrogens is 1. The van der Waals surface area contributed by atoms with Crippen LogP contribution in [0.25, 0.3) is 0 Å². The highest BCUT2D eigenvalue weighted by atomic mass is 16.2. The van der Waals surface area contributed by atoms with Gasteiger partial charge in [0.2, 0.25) is 11.8 Å². The van der Waals surface area contributed by atoms with Crippen LogP contribution in [0.15, 0.2) is 37.1 Å². The normalized spacial score (nSPS) is 23.3. The molecule has 26 heavy (non-hydrogen) atoms. The number of nitrogens with zero attached hydrogens (tertiary/aromatic N) is 3. The summed E-state index contributed by atoms with van der Waals surface area (Å²) in [6.07, 6.45) is 9.28. The quantitative estimate of drug-likeness (QED) is 0.738. The fourth-order valence-corrected chi connectivity index (χ4v) is 4.24. The van der Waals surface area contributed by atoms with Gasteiger partial charge in [-0.25, -0.2) is 0 Å². The second-order valence-electron chi connectivity index (χ2n) is 7.63. The molecule has 1 atom stereocenters. The Morgan fingerprint density at radius 2 is 2.19 bits per heavy atom. The van der Waals surface area contributed by atoms with Crippen LogP contribution in [0.2, 0.25) is 0 Å². The molecule has 1 aromatic heterocycles. The summed E-state index contributed by atoms with van der Waals surface area (Å²) in [6.45, 7) is 6.82. The first kappa shape index (κ1) is 18.6. The molecule has 2 aliphatic rings. The summed E-state index contributed by atoms with van der Waals surface area (Å²) in [7, 11) is 0. The highest BCUT2D eigenvalue weighted by molar-refractivity contribution is 5.78. The minimum absolute atomic E-state index is 0.0696. The van der Waals surface area contributed by atoms with Crippen molar-refractivity contribution in [3.8, 4) is 0 Å². The maximum Gasteiger partial charge on any atom is 0.222 e. The number of carbonyl (C=O) groups excluding carboxylic acids is 2. The second-order valence-corrected chi connectivity index (χ2v) is 7.63. The Morgan fingerprint density at radius 3 is 2.96 bits per heavy atom. The minimum Gasteiger partial charge on any atom is -0.342 e. The summed E-state index contributed by atoms with van der Waals surface area (Å²) < 4.78 is 0. The Kier molecular flexibility index (Phi) is 6.07. The van der Waals surface area contributed by atoms with E-state index in [-0.39, 0.29) is 17.2 Å². The Morgan fingerprint density at radius 1 is 1.31 bits per heavy atom. The van der Waals surface area contributed by atoms with Gasteiger partial charge in [0.1, 0.15) is 0 Å². The van der Waals surface area contributed by atoms with Crippen molar-refractivity contribution in [1.29, 1.82) is 0 Å². The Bertz CT molecular complexity index is 646. The lowest BCUT2D eigenvalue weighted by Crippen LogP contribution is -2.55. The molecule has 3 heterocycles. The van der Waals surface area contributed by atoms with Crippen LogP contribution in [0.4, 0.5) is 0 Å². The van der Waals surface area contributed by atoms with Crippen molar-refractivity contribution in [1.82, 2.24) is 14.8 Å². The summed E-state index contributed by atoms with van der Waals surface area (Å²) in [5, 5.41) is 0. The lowest BCUT2D eigenvalue weighted by molar-refractivity contribution is -0.143. The number of carbonyl (C=O) groups is 2. The van der Waals surface area contributed by atoms with Gasteiger partial charge in [-0.3, -0.25) is 14.6 Å². The Labute approximate surface area is 156 Å². The van der Waals surface area contributed by atoms with Crippen LogP contribution in [-0.2, 0) is 16.0 Å². The molecule has 1 spiro atoms. The molecule has 0 aromatic carbocycles. The number of hydrogen-bond acceptors (Lipinski definition) is 3. The number of allylic oxidation sites excluding steroid dienone is 1. The predicted molar refractivity (Wildman–Crippen MR) is 101 cm³/mol. The number of rotatable bonds is 6. The SMILES string of the molecule is C=CCCC(=O)N1CCC[C@@]2(CCC(=O)N(CCc3ccccn3)C2)C1. The topological polar surface area (TPSA) is 53.5 Å². The average Bonchev–Trinajstić information content (AvgIpc) is 2.68. The van der Waals surface area contributed by atoms with E-state index >= 15 is 0 Å². The number of likely N-dealkylation sites (tertiary alicyclic amines) is 2. The van der Waals surface area contributed by atoms with E-state index in [1.54, 1.807) is 12.3 Å². The van der Waals surface area contributed by atoms with Crippen molar-refractivity contribution in [3.05, 3.63) is 42.7 Å². The van der Waals surface area contributed by atoms with Gasteiger partial charge < -0.3 is 9.80 Å². The largest absolute Gasteiger partial charge is 0.342 e. The van der Waals surface area contributed by atoms with Crippen molar-refractivity contribution in [3.63, 3.8) is 0 Å². The number of hydrogen-bond donors (Lipinski definition) is 0. The first-order chi connectivity index (χ1) is 12.6. The molecular formula is C21H29N3O2. The average molecular weight is 355 g/mol. The standard InChI is InChI=1S/C21H29N3O2/c1-2-3-8-19(25)23-14-6-11-21(16-23)12-9-20(26)24(17-21)15-10-18-7-4-5-13-22-18/h2,4-5,7,13H,1,3,6,8-12,14-17H2/t21-/m1/s1. The third kappa shape index (κ3) is 4.51. The Hall–Kier alpha value is -2.17. The van der Waals surface area contributed by atoms with Crippen molar-refractivity contribution >= 4 is 11.8 Å². The van der Waals surface area contributed by atoms with Gasteiger partial charge in [0.05, 0.1) is 0 Å². The van der Waals surface area contributed by atoms with E-state index in [0.29, 0.717) is 19.4 Å². The van der Waals surface area contributed by atoms with E-state index in [9.17, 15) is 9.59 Å². The smallest absolute Gasteiger partial charge is 0.222 e. The molecule has 0 bridgehead atoms. The molecule has 2 amide bonds. The molecule has 140 valence electrons. The van der Waals surface area contributed by atoms with Crippen LogP contribution in [0.1, 0.15) is 44.2 Å². The van der Waals surface area contributed by atoms with Crippen LogP contribution >= 0.6 is 0 Å². The lowest BCUT2D eigenvalue weighted by atomic mass is 9.73. The fraction of sp³-hybridized carbons (Fsp3) is 0.571. The summed E-state index contributed by atoms with van der Waals surface area (Å²) >= 11 is 0. The fourth-order valence-electron chi connectivity index (χ4n) is 4.24. The van der Waals surface area contributed by atoms with Crippen LogP contribution in [0, 0.1) is 5.41 Å². The predicted octanol–water partition coefficient (Wildman–Crippen LogP) is 2.82. The molecule has 0 N–H and O–H groups in total. The van der Waals surface area contributed by atoms with Gasteiger partial charge in [-0.05, 0) is 37.8 Å². The molecular weight excluding hydrogens is 326 g/mol. The van der Waals surface area contributed by atoms with Gasteiger partial charge in [0.15, 0.2) is 0 Å². The molecule has 0 radical (unpaired) electrons. The van der Waals surface area contributed by atoms with E-state index in [1.807, 2.05) is 28.0 Å². The molecule has 0 aliphatic carbocycles. The van der Waals surface area contributed by atoms with Gasteiger partial charge in [-0.2, -0.15) is 0 Å². The van der Waals surface area contributed by atoms with Gasteiger partial charge in [-0.1, -0.05) is 12.1 Å². The van der Waals surface area contributed by atoms with Crippen molar-refractivity contribution in [2.24, 2.45) is 5.41 Å². The lowest BCUT2D eigenvalue weighted by Gasteiger charge is -2.48. The summed E-state index contributed by atoms with van der Waals surface area (Å²) in [6, 6.07) is 5.89. The van der Waals surface area contributed by atoms with E-state index in [4.69, 9.17) is 0 Å². The first-order valence-electron chi connectivity index (χ1n) is 9.68. The van der Waals surface area contributed by atoms with Gasteiger partial charge in [0, 0.05) is 62.7 Å². The zero-order valence-corrected chi connectivity index (χ0v) is 15.5. The molecule has 3 rings (SSSR count). The zero-order valence-electron chi connectivity index (χ0n) is 15.5. The summed E-state index contributed by atoms with van der Waals surface area (Å²) in [5.74, 6) is 0.461. The second kappa shape index (κ2) is 8.47. The molecule has 2 saturated heterocycles. The van der Waals surface area contributed by atoms with Crippen LogP contribution in [-0.4, -0.2) is 52.8 Å². The van der Waals surface area contributed by atoms with Crippen LogP contribution < -0.4 is 0 Å². The molecule has 0 saturated carbocycles. The molecule has 2 fully saturated rings. The number of pyridine rings is 1. The van der Waals surface area contributed by atoms with Gasteiger partial charge in [0.25, 0.3) is 0 Å². The van der Waals surface area contributed by atoms with E-state index in [1.165, 1.54) is 0 Å². The third-order valence-corrected chi connectivity index (χ3v) is 5.69. The van der Waals surface area contributed by atoms with E-state index in [2.05, 4.69) is 11.6 Å². The maximum absolute atomic E-state index is 12.4. The minimum atomic E-state index is 0.0696. The Balaban J connectivity index is 1.61. The van der Waals surface area contributed by atoms with Crippen molar-refractivity contribution in [2.75, 3.05) is 26.2 Å². The first-order valence-corrected chi connectivity index (χ1v) is 9.68. The van der Waals surface area contributed by atoms with Crippen molar-refractivity contribution < 1.29 is 9.59 Å². The highest BCUT2D eigenvalue weighted by Crippen LogP contribution is 2.39. The number of piperidine rings is 2. The van der Waals surface area contributed by atoms with E-state index < -0.39 is 0 Å². The highest BCUT2D eigenvalue weighted by Gasteiger charge is 2.42. The van der Waals surface area contributed by atoms with Crippen LogP contribution in [0.3, 0.4) is 0 Å². The molecule has 2 aliphatic heterocycles. The molecule has 1 aromatic rings. The molecule has 0 unspecified atom stereocenters. The molecule has 5 nitrogen and oxygen atoms in total. The third-order valence-electron chi connectivity index (χ3n) is 5.69. The number of amides is 2. The van der Waals surface area contributed by atoms with Crippen molar-refractivity contribution in [2.45, 2.75) is 44.9 Å². The summed E-state index contributed by atoms with van der Waals surface area (Å²) in [4.78, 5) is 33.2.